The maximum Gasteiger partial charge on any atom is 0.160 e. The first-order valence-corrected chi connectivity index (χ1v) is 6.48. The second-order valence-electron chi connectivity index (χ2n) is 3.29. The SMILES string of the molecule is COc1ccoc1CCCCC(=O)CI. The highest BCUT2D eigenvalue weighted by Gasteiger charge is 2.06. The second-order valence-corrected chi connectivity index (χ2v) is 4.05. The summed E-state index contributed by atoms with van der Waals surface area (Å²) in [5.41, 5.74) is 0. The van der Waals surface area contributed by atoms with Gasteiger partial charge in [0.05, 0.1) is 17.8 Å². The summed E-state index contributed by atoms with van der Waals surface area (Å²) in [5.74, 6) is 2.00. The van der Waals surface area contributed by atoms with Crippen molar-refractivity contribution in [2.45, 2.75) is 25.7 Å². The zero-order valence-electron chi connectivity index (χ0n) is 8.79. The molecule has 4 heteroatoms. The molecule has 1 rings (SSSR count). The van der Waals surface area contributed by atoms with Gasteiger partial charge in [0.25, 0.3) is 0 Å². The number of unbranched alkanes of at least 4 members (excludes halogenated alkanes) is 1. The molecule has 0 aromatic carbocycles. The molecule has 1 aromatic heterocycles. The van der Waals surface area contributed by atoms with Crippen LogP contribution >= 0.6 is 22.6 Å². The van der Waals surface area contributed by atoms with Crippen LogP contribution in [0.1, 0.15) is 25.0 Å². The van der Waals surface area contributed by atoms with E-state index in [4.69, 9.17) is 9.15 Å². The van der Waals surface area contributed by atoms with Gasteiger partial charge in [-0.3, -0.25) is 4.79 Å². The standard InChI is InChI=1S/C11H15IO3/c1-14-10-6-7-15-11(10)5-3-2-4-9(13)8-12/h6-7H,2-5,8H2,1H3. The van der Waals surface area contributed by atoms with Crippen LogP contribution in [0.2, 0.25) is 0 Å². The van der Waals surface area contributed by atoms with Crippen LogP contribution in [-0.4, -0.2) is 17.3 Å². The first-order valence-electron chi connectivity index (χ1n) is 4.96. The highest BCUT2D eigenvalue weighted by Crippen LogP contribution is 2.21. The van der Waals surface area contributed by atoms with E-state index in [1.807, 2.05) is 6.07 Å². The lowest BCUT2D eigenvalue weighted by Crippen LogP contribution is -1.98. The molecule has 0 fully saturated rings. The molecular weight excluding hydrogens is 307 g/mol. The number of furan rings is 1. The predicted octanol–water partition coefficient (Wildman–Crippen LogP) is 3.01. The topological polar surface area (TPSA) is 39.4 Å². The molecule has 0 atom stereocenters. The summed E-state index contributed by atoms with van der Waals surface area (Å²) >= 11 is 2.10. The summed E-state index contributed by atoms with van der Waals surface area (Å²) in [6.45, 7) is 0. The fourth-order valence-corrected chi connectivity index (χ4v) is 1.75. The van der Waals surface area contributed by atoms with Crippen LogP contribution in [0, 0.1) is 0 Å². The summed E-state index contributed by atoms with van der Waals surface area (Å²) in [5, 5.41) is 0. The van der Waals surface area contributed by atoms with Crippen molar-refractivity contribution in [1.29, 1.82) is 0 Å². The normalized spacial score (nSPS) is 10.3. The minimum atomic E-state index is 0.321. The minimum absolute atomic E-state index is 0.321. The quantitative estimate of drug-likeness (QED) is 0.440. The number of ether oxygens (including phenoxy) is 1. The van der Waals surface area contributed by atoms with Gasteiger partial charge in [0.1, 0.15) is 11.5 Å². The molecule has 0 aliphatic carbocycles. The van der Waals surface area contributed by atoms with Crippen molar-refractivity contribution in [3.8, 4) is 5.75 Å². The molecule has 1 aromatic rings. The minimum Gasteiger partial charge on any atom is -0.493 e. The number of aryl methyl sites for hydroxylation is 1. The van der Waals surface area contributed by atoms with Crippen LogP contribution in [-0.2, 0) is 11.2 Å². The third-order valence-electron chi connectivity index (χ3n) is 2.18. The summed E-state index contributed by atoms with van der Waals surface area (Å²) in [4.78, 5) is 11.0. The van der Waals surface area contributed by atoms with Crippen LogP contribution in [0.5, 0.6) is 5.75 Å². The van der Waals surface area contributed by atoms with Crippen molar-refractivity contribution in [1.82, 2.24) is 0 Å². The predicted molar refractivity (Wildman–Crippen MR) is 66.7 cm³/mol. The number of ketones is 1. The Bertz CT molecular complexity index is 307. The Morgan fingerprint density at radius 3 is 3.00 bits per heavy atom. The first-order chi connectivity index (χ1) is 7.27. The molecule has 0 aliphatic rings. The summed E-state index contributed by atoms with van der Waals surface area (Å²) < 4.78 is 11.0. The third kappa shape index (κ3) is 4.24. The lowest BCUT2D eigenvalue weighted by atomic mass is 10.1. The van der Waals surface area contributed by atoms with E-state index in [1.165, 1.54) is 0 Å². The Balaban J connectivity index is 2.23. The van der Waals surface area contributed by atoms with Crippen molar-refractivity contribution < 1.29 is 13.9 Å². The molecule has 3 nitrogen and oxygen atoms in total. The maximum absolute atomic E-state index is 11.0. The average molecular weight is 322 g/mol. The lowest BCUT2D eigenvalue weighted by molar-refractivity contribution is -0.116. The Labute approximate surface area is 103 Å². The van der Waals surface area contributed by atoms with Gasteiger partial charge in [-0.25, -0.2) is 0 Å². The molecule has 0 amide bonds. The van der Waals surface area contributed by atoms with Gasteiger partial charge in [-0.05, 0) is 12.8 Å². The molecule has 0 N–H and O–H groups in total. The fraction of sp³-hybridized carbons (Fsp3) is 0.545. The first kappa shape index (κ1) is 12.5. The zero-order valence-corrected chi connectivity index (χ0v) is 11.0. The van der Waals surface area contributed by atoms with Crippen LogP contribution in [0.3, 0.4) is 0 Å². The number of methoxy groups -OCH3 is 1. The molecule has 0 radical (unpaired) electrons. The number of alkyl halides is 1. The van der Waals surface area contributed by atoms with Gasteiger partial charge >= 0.3 is 0 Å². The molecule has 0 saturated heterocycles. The number of carbonyl (C=O) groups excluding carboxylic acids is 1. The number of Topliss-reactive ketones (excluding diaryl/α,β-unsaturated/α-hetero) is 1. The van der Waals surface area contributed by atoms with E-state index in [0.29, 0.717) is 16.6 Å². The molecule has 0 saturated carbocycles. The van der Waals surface area contributed by atoms with E-state index in [1.54, 1.807) is 13.4 Å². The van der Waals surface area contributed by atoms with E-state index in [0.717, 1.165) is 30.8 Å². The summed E-state index contributed by atoms with van der Waals surface area (Å²) in [6, 6.07) is 1.81. The number of carbonyl (C=O) groups is 1. The number of halogens is 1. The number of rotatable bonds is 7. The lowest BCUT2D eigenvalue weighted by Gasteiger charge is -2.00. The van der Waals surface area contributed by atoms with Crippen molar-refractivity contribution in [2.24, 2.45) is 0 Å². The van der Waals surface area contributed by atoms with Crippen LogP contribution in [0.4, 0.5) is 0 Å². The summed E-state index contributed by atoms with van der Waals surface area (Å²) in [6.07, 6.45) is 5.03. The maximum atomic E-state index is 11.0. The van der Waals surface area contributed by atoms with Crippen molar-refractivity contribution in [3.63, 3.8) is 0 Å². The van der Waals surface area contributed by atoms with E-state index in [-0.39, 0.29) is 0 Å². The Morgan fingerprint density at radius 2 is 2.33 bits per heavy atom. The van der Waals surface area contributed by atoms with Gasteiger partial charge in [0.2, 0.25) is 0 Å². The van der Waals surface area contributed by atoms with E-state index >= 15 is 0 Å². The highest BCUT2D eigenvalue weighted by atomic mass is 127. The van der Waals surface area contributed by atoms with Crippen LogP contribution in [0.15, 0.2) is 16.7 Å². The van der Waals surface area contributed by atoms with Gasteiger partial charge in [-0.1, -0.05) is 22.6 Å². The fourth-order valence-electron chi connectivity index (χ4n) is 1.37. The molecule has 0 spiro atoms. The zero-order chi connectivity index (χ0) is 11.1. The molecule has 1 heterocycles. The summed E-state index contributed by atoms with van der Waals surface area (Å²) in [7, 11) is 1.63. The van der Waals surface area contributed by atoms with E-state index in [9.17, 15) is 4.79 Å². The van der Waals surface area contributed by atoms with Gasteiger partial charge in [-0.2, -0.15) is 0 Å². The van der Waals surface area contributed by atoms with Gasteiger partial charge in [0, 0.05) is 18.9 Å². The highest BCUT2D eigenvalue weighted by molar-refractivity contribution is 14.1. The molecular formula is C11H15IO3. The Hall–Kier alpha value is -0.520. The third-order valence-corrected chi connectivity index (χ3v) is 3.03. The molecule has 84 valence electrons. The molecule has 0 aliphatic heterocycles. The van der Waals surface area contributed by atoms with Crippen molar-refractivity contribution >= 4 is 28.4 Å². The number of hydrogen-bond donors (Lipinski definition) is 0. The van der Waals surface area contributed by atoms with Crippen LogP contribution in [0.25, 0.3) is 0 Å². The molecule has 0 bridgehead atoms. The van der Waals surface area contributed by atoms with Crippen LogP contribution < -0.4 is 4.74 Å². The number of hydrogen-bond acceptors (Lipinski definition) is 3. The Kier molecular flexibility index (Phi) is 5.75. The van der Waals surface area contributed by atoms with Crippen molar-refractivity contribution in [2.75, 3.05) is 11.5 Å². The largest absolute Gasteiger partial charge is 0.493 e. The van der Waals surface area contributed by atoms with Gasteiger partial charge < -0.3 is 9.15 Å². The van der Waals surface area contributed by atoms with E-state index < -0.39 is 0 Å². The van der Waals surface area contributed by atoms with Gasteiger partial charge in [0.15, 0.2) is 5.75 Å². The smallest absolute Gasteiger partial charge is 0.160 e. The van der Waals surface area contributed by atoms with Crippen molar-refractivity contribution in [3.05, 3.63) is 18.1 Å². The average Bonchev–Trinajstić information content (AvgIpc) is 2.71. The monoisotopic (exact) mass is 322 g/mol. The Morgan fingerprint density at radius 1 is 1.53 bits per heavy atom. The molecule has 15 heavy (non-hydrogen) atoms. The van der Waals surface area contributed by atoms with E-state index in [2.05, 4.69) is 22.6 Å². The second kappa shape index (κ2) is 6.87. The van der Waals surface area contributed by atoms with Gasteiger partial charge in [-0.15, -0.1) is 0 Å². The molecule has 0 unspecified atom stereocenters.